The summed E-state index contributed by atoms with van der Waals surface area (Å²) in [5.41, 5.74) is 10.4. The average molecular weight is 386 g/mol. The maximum absolute atomic E-state index is 12.8. The summed E-state index contributed by atoms with van der Waals surface area (Å²) in [6.45, 7) is 6.28. The summed E-state index contributed by atoms with van der Waals surface area (Å²) in [6, 6.07) is 16.2. The molecule has 4 rings (SSSR count). The van der Waals surface area contributed by atoms with Crippen LogP contribution in [0.4, 0.5) is 0 Å². The predicted octanol–water partition coefficient (Wildman–Crippen LogP) is 3.82. The largest absolute Gasteiger partial charge is 0.497 e. The first-order valence-electron chi connectivity index (χ1n) is 9.36. The fourth-order valence-corrected chi connectivity index (χ4v) is 3.83. The Morgan fingerprint density at radius 3 is 2.62 bits per heavy atom. The zero-order chi connectivity index (χ0) is 20.7. The van der Waals surface area contributed by atoms with E-state index in [1.165, 1.54) is 0 Å². The molecule has 2 amide bonds. The zero-order valence-electron chi connectivity index (χ0n) is 16.5. The van der Waals surface area contributed by atoms with E-state index in [1.54, 1.807) is 12.0 Å². The molecule has 0 unspecified atom stereocenters. The molecule has 0 bridgehead atoms. The molecule has 0 fully saturated rings. The zero-order valence-corrected chi connectivity index (χ0v) is 16.5. The molecule has 0 aliphatic carbocycles. The van der Waals surface area contributed by atoms with Gasteiger partial charge in [-0.25, -0.2) is 0 Å². The highest BCUT2D eigenvalue weighted by atomic mass is 16.5. The molecule has 3 aromatic carbocycles. The highest BCUT2D eigenvalue weighted by Gasteiger charge is 2.29. The van der Waals surface area contributed by atoms with Crippen LogP contribution in [-0.2, 0) is 11.3 Å². The Bertz CT molecular complexity index is 1180. The van der Waals surface area contributed by atoms with Crippen molar-refractivity contribution in [2.45, 2.75) is 13.5 Å². The standard InChI is InChI=1S/C24H22N2O3/c1-14-8-18(10-19(9-14)29-3)17-5-4-16-6-7-20-22(21(16)11-17)13-26(24(20)28)12-15(2)23(25)27/h4-11H,2,12-13H2,1,3H3,(H2,25,27). The highest BCUT2D eigenvalue weighted by Crippen LogP contribution is 2.34. The molecule has 0 saturated carbocycles. The third-order valence-electron chi connectivity index (χ3n) is 5.35. The van der Waals surface area contributed by atoms with E-state index in [2.05, 4.69) is 30.8 Å². The van der Waals surface area contributed by atoms with E-state index in [4.69, 9.17) is 10.5 Å². The summed E-state index contributed by atoms with van der Waals surface area (Å²) in [5.74, 6) is 0.117. The predicted molar refractivity (Wildman–Crippen MR) is 114 cm³/mol. The van der Waals surface area contributed by atoms with Crippen molar-refractivity contribution in [3.05, 3.63) is 77.4 Å². The summed E-state index contributed by atoms with van der Waals surface area (Å²) in [5, 5.41) is 2.09. The van der Waals surface area contributed by atoms with E-state index in [9.17, 15) is 9.59 Å². The molecule has 5 heteroatoms. The summed E-state index contributed by atoms with van der Waals surface area (Å²) in [7, 11) is 1.66. The molecule has 5 nitrogen and oxygen atoms in total. The number of primary amides is 1. The molecule has 29 heavy (non-hydrogen) atoms. The number of hydrogen-bond acceptors (Lipinski definition) is 3. The van der Waals surface area contributed by atoms with Gasteiger partial charge in [0, 0.05) is 17.7 Å². The van der Waals surface area contributed by atoms with Gasteiger partial charge in [0.25, 0.3) is 5.91 Å². The van der Waals surface area contributed by atoms with Crippen LogP contribution in [0.15, 0.2) is 60.7 Å². The van der Waals surface area contributed by atoms with Gasteiger partial charge in [-0.2, -0.15) is 0 Å². The molecular formula is C24H22N2O3. The number of carbonyl (C=O) groups is 2. The molecule has 146 valence electrons. The van der Waals surface area contributed by atoms with E-state index in [-0.39, 0.29) is 18.0 Å². The van der Waals surface area contributed by atoms with Crippen LogP contribution in [0.2, 0.25) is 0 Å². The minimum absolute atomic E-state index is 0.105. The van der Waals surface area contributed by atoms with Crippen LogP contribution in [0.5, 0.6) is 5.75 Å². The summed E-state index contributed by atoms with van der Waals surface area (Å²) in [4.78, 5) is 25.7. The van der Waals surface area contributed by atoms with Crippen LogP contribution in [0.25, 0.3) is 21.9 Å². The van der Waals surface area contributed by atoms with E-state index >= 15 is 0 Å². The maximum Gasteiger partial charge on any atom is 0.254 e. The van der Waals surface area contributed by atoms with Crippen LogP contribution in [-0.4, -0.2) is 30.4 Å². The van der Waals surface area contributed by atoms with Crippen molar-refractivity contribution in [3.63, 3.8) is 0 Å². The van der Waals surface area contributed by atoms with Gasteiger partial charge in [0.2, 0.25) is 5.91 Å². The second-order valence-corrected chi connectivity index (χ2v) is 7.40. The quantitative estimate of drug-likeness (QED) is 0.678. The second kappa shape index (κ2) is 7.09. The number of fused-ring (bicyclic) bond motifs is 3. The number of nitrogens with two attached hydrogens (primary N) is 1. The van der Waals surface area contributed by atoms with Crippen molar-refractivity contribution in [1.82, 2.24) is 4.90 Å². The Labute approximate surface area is 169 Å². The van der Waals surface area contributed by atoms with E-state index in [0.29, 0.717) is 12.1 Å². The van der Waals surface area contributed by atoms with Crippen LogP contribution in [0, 0.1) is 6.92 Å². The summed E-state index contributed by atoms with van der Waals surface area (Å²) in [6.07, 6.45) is 0. The first kappa shape index (κ1) is 18.7. The fraction of sp³-hybridized carbons (Fsp3) is 0.167. The fourth-order valence-electron chi connectivity index (χ4n) is 3.83. The molecule has 1 heterocycles. The number of methoxy groups -OCH3 is 1. The van der Waals surface area contributed by atoms with Gasteiger partial charge in [-0.15, -0.1) is 0 Å². The maximum atomic E-state index is 12.8. The summed E-state index contributed by atoms with van der Waals surface area (Å²) >= 11 is 0. The molecule has 1 aliphatic rings. The van der Waals surface area contributed by atoms with Crippen LogP contribution in [0.3, 0.4) is 0 Å². The molecular weight excluding hydrogens is 364 g/mol. The summed E-state index contributed by atoms with van der Waals surface area (Å²) < 4.78 is 5.41. The molecule has 3 aromatic rings. The van der Waals surface area contributed by atoms with Gasteiger partial charge >= 0.3 is 0 Å². The van der Waals surface area contributed by atoms with E-state index in [0.717, 1.165) is 38.8 Å². The lowest BCUT2D eigenvalue weighted by Gasteiger charge is -2.15. The van der Waals surface area contributed by atoms with Gasteiger partial charge in [-0.3, -0.25) is 9.59 Å². The Morgan fingerprint density at radius 1 is 1.14 bits per heavy atom. The van der Waals surface area contributed by atoms with Gasteiger partial charge < -0.3 is 15.4 Å². The van der Waals surface area contributed by atoms with Crippen LogP contribution in [0.1, 0.15) is 21.5 Å². The second-order valence-electron chi connectivity index (χ2n) is 7.40. The van der Waals surface area contributed by atoms with Gasteiger partial charge in [0.1, 0.15) is 5.75 Å². The molecule has 0 atom stereocenters. The van der Waals surface area contributed by atoms with Crippen molar-refractivity contribution in [2.75, 3.05) is 13.7 Å². The number of aryl methyl sites for hydroxylation is 1. The van der Waals surface area contributed by atoms with Gasteiger partial charge in [-0.1, -0.05) is 30.8 Å². The lowest BCUT2D eigenvalue weighted by molar-refractivity contribution is -0.114. The normalized spacial score (nSPS) is 12.9. The molecule has 1 aliphatic heterocycles. The Hall–Kier alpha value is -3.60. The Balaban J connectivity index is 1.78. The minimum Gasteiger partial charge on any atom is -0.497 e. The highest BCUT2D eigenvalue weighted by molar-refractivity contribution is 6.05. The van der Waals surface area contributed by atoms with Crippen LogP contribution < -0.4 is 10.5 Å². The Kier molecular flexibility index (Phi) is 4.59. The SMILES string of the molecule is C=C(CN1Cc2c(ccc3ccc(-c4cc(C)cc(OC)c4)cc23)C1=O)C(N)=O. The van der Waals surface area contributed by atoms with Crippen molar-refractivity contribution >= 4 is 22.6 Å². The molecule has 0 saturated heterocycles. The topological polar surface area (TPSA) is 72.6 Å². The molecule has 2 N–H and O–H groups in total. The molecule has 0 radical (unpaired) electrons. The number of rotatable bonds is 5. The number of hydrogen-bond donors (Lipinski definition) is 1. The third-order valence-corrected chi connectivity index (χ3v) is 5.35. The van der Waals surface area contributed by atoms with Crippen molar-refractivity contribution in [3.8, 4) is 16.9 Å². The van der Waals surface area contributed by atoms with Crippen molar-refractivity contribution in [2.24, 2.45) is 5.73 Å². The monoisotopic (exact) mass is 386 g/mol. The van der Waals surface area contributed by atoms with Gasteiger partial charge in [-0.05, 0) is 64.2 Å². The average Bonchev–Trinajstić information content (AvgIpc) is 3.03. The lowest BCUT2D eigenvalue weighted by Crippen LogP contribution is -2.30. The van der Waals surface area contributed by atoms with E-state index < -0.39 is 5.91 Å². The van der Waals surface area contributed by atoms with Crippen LogP contribution >= 0.6 is 0 Å². The molecule has 0 spiro atoms. The number of benzene rings is 3. The number of amides is 2. The Morgan fingerprint density at radius 2 is 1.90 bits per heavy atom. The first-order valence-corrected chi connectivity index (χ1v) is 9.36. The van der Waals surface area contributed by atoms with E-state index in [1.807, 2.05) is 31.2 Å². The van der Waals surface area contributed by atoms with Crippen molar-refractivity contribution in [1.29, 1.82) is 0 Å². The number of carbonyl (C=O) groups excluding carboxylic acids is 2. The smallest absolute Gasteiger partial charge is 0.254 e. The third kappa shape index (κ3) is 3.36. The number of nitrogens with zero attached hydrogens (tertiary/aromatic N) is 1. The van der Waals surface area contributed by atoms with Crippen molar-refractivity contribution < 1.29 is 14.3 Å². The lowest BCUT2D eigenvalue weighted by atomic mass is 9.95. The minimum atomic E-state index is -0.589. The number of ether oxygens (including phenoxy) is 1. The van der Waals surface area contributed by atoms with Gasteiger partial charge in [0.05, 0.1) is 13.7 Å². The molecule has 0 aromatic heterocycles. The first-order chi connectivity index (χ1) is 13.9. The van der Waals surface area contributed by atoms with Gasteiger partial charge in [0.15, 0.2) is 0 Å².